The van der Waals surface area contributed by atoms with Crippen molar-refractivity contribution in [1.82, 2.24) is 5.32 Å². The van der Waals surface area contributed by atoms with Crippen LogP contribution in [-0.2, 0) is 19.1 Å². The summed E-state index contributed by atoms with van der Waals surface area (Å²) in [5.41, 5.74) is 0. The molecular formula is C9H13NO4. The molecule has 14 heavy (non-hydrogen) atoms. The lowest BCUT2D eigenvalue weighted by Crippen LogP contribution is -2.28. The van der Waals surface area contributed by atoms with Gasteiger partial charge in [0.25, 0.3) is 5.91 Å². The lowest BCUT2D eigenvalue weighted by Gasteiger charge is -2.07. The van der Waals surface area contributed by atoms with Crippen molar-refractivity contribution in [2.24, 2.45) is 0 Å². The van der Waals surface area contributed by atoms with E-state index in [-0.39, 0.29) is 12.3 Å². The summed E-state index contributed by atoms with van der Waals surface area (Å²) in [5.74, 6) is -1.31. The van der Waals surface area contributed by atoms with E-state index >= 15 is 0 Å². The fraction of sp³-hybridized carbons (Fsp3) is 0.667. The first-order chi connectivity index (χ1) is 6.63. The van der Waals surface area contributed by atoms with Crippen LogP contribution in [0, 0.1) is 0 Å². The van der Waals surface area contributed by atoms with Crippen molar-refractivity contribution in [2.45, 2.75) is 38.7 Å². The highest BCUT2D eigenvalue weighted by Gasteiger charge is 2.33. The van der Waals surface area contributed by atoms with Gasteiger partial charge in [-0.15, -0.1) is 0 Å². The average molecular weight is 199 g/mol. The van der Waals surface area contributed by atoms with Crippen molar-refractivity contribution >= 4 is 17.8 Å². The molecule has 0 saturated carbocycles. The number of amides is 2. The average Bonchev–Trinajstić information content (AvgIpc) is 2.42. The van der Waals surface area contributed by atoms with Crippen LogP contribution in [0.4, 0.5) is 0 Å². The summed E-state index contributed by atoms with van der Waals surface area (Å²) in [5, 5.41) is 2.07. The van der Waals surface area contributed by atoms with Crippen LogP contribution in [0.1, 0.15) is 32.6 Å². The number of rotatable bonds is 4. The van der Waals surface area contributed by atoms with Gasteiger partial charge in [0.2, 0.25) is 5.91 Å². The maximum absolute atomic E-state index is 11.1. The highest BCUT2D eigenvalue weighted by Crippen LogP contribution is 2.08. The van der Waals surface area contributed by atoms with E-state index in [9.17, 15) is 14.4 Å². The van der Waals surface area contributed by atoms with Crippen LogP contribution in [-0.4, -0.2) is 23.9 Å². The second-order valence-corrected chi connectivity index (χ2v) is 3.20. The molecule has 0 spiro atoms. The number of ether oxygens (including phenoxy) is 1. The number of carbonyl (C=O) groups excluding carboxylic acids is 3. The predicted molar refractivity (Wildman–Crippen MR) is 47.2 cm³/mol. The van der Waals surface area contributed by atoms with Gasteiger partial charge in [0, 0.05) is 6.42 Å². The van der Waals surface area contributed by atoms with Crippen LogP contribution in [0.3, 0.4) is 0 Å². The second-order valence-electron chi connectivity index (χ2n) is 3.20. The molecule has 5 heteroatoms. The Hall–Kier alpha value is -1.39. The van der Waals surface area contributed by atoms with Crippen LogP contribution >= 0.6 is 0 Å². The van der Waals surface area contributed by atoms with Crippen molar-refractivity contribution < 1.29 is 19.1 Å². The Morgan fingerprint density at radius 2 is 2.29 bits per heavy atom. The number of imide groups is 1. The molecule has 1 aliphatic rings. The smallest absolute Gasteiger partial charge is 0.306 e. The van der Waals surface area contributed by atoms with E-state index in [4.69, 9.17) is 4.74 Å². The van der Waals surface area contributed by atoms with Gasteiger partial charge in [-0.1, -0.05) is 13.3 Å². The van der Waals surface area contributed by atoms with Crippen molar-refractivity contribution in [3.05, 3.63) is 0 Å². The molecule has 1 aliphatic heterocycles. The molecule has 2 amide bonds. The molecule has 1 fully saturated rings. The molecule has 0 aromatic heterocycles. The number of nitrogens with one attached hydrogen (secondary N) is 1. The van der Waals surface area contributed by atoms with E-state index < -0.39 is 18.0 Å². The maximum atomic E-state index is 11.1. The SMILES string of the molecule is CCCCC(=O)OC1CC(=O)NC1=O. The van der Waals surface area contributed by atoms with E-state index in [1.807, 2.05) is 6.92 Å². The predicted octanol–water partition coefficient (Wildman–Crippen LogP) is 0.135. The minimum absolute atomic E-state index is 0.0449. The summed E-state index contributed by atoms with van der Waals surface area (Å²) in [7, 11) is 0. The zero-order valence-electron chi connectivity index (χ0n) is 8.04. The third-order valence-electron chi connectivity index (χ3n) is 1.93. The topological polar surface area (TPSA) is 72.5 Å². The van der Waals surface area contributed by atoms with Gasteiger partial charge in [0.05, 0.1) is 6.42 Å². The van der Waals surface area contributed by atoms with Gasteiger partial charge < -0.3 is 4.74 Å². The Morgan fingerprint density at radius 3 is 2.79 bits per heavy atom. The van der Waals surface area contributed by atoms with Gasteiger partial charge in [0.15, 0.2) is 6.10 Å². The highest BCUT2D eigenvalue weighted by molar-refractivity contribution is 6.05. The van der Waals surface area contributed by atoms with E-state index in [2.05, 4.69) is 5.32 Å². The first kappa shape index (κ1) is 10.7. The molecule has 0 aliphatic carbocycles. The standard InChI is InChI=1S/C9H13NO4/c1-2-3-4-8(12)14-6-5-7(11)10-9(6)13/h6H,2-5H2,1H3,(H,10,11,13). The first-order valence-corrected chi connectivity index (χ1v) is 4.66. The van der Waals surface area contributed by atoms with Gasteiger partial charge >= 0.3 is 5.97 Å². The zero-order valence-corrected chi connectivity index (χ0v) is 8.04. The molecule has 1 unspecified atom stereocenters. The quantitative estimate of drug-likeness (QED) is 0.516. The Balaban J connectivity index is 2.33. The number of carbonyl (C=O) groups is 3. The molecule has 1 atom stereocenters. The van der Waals surface area contributed by atoms with E-state index in [0.29, 0.717) is 6.42 Å². The van der Waals surface area contributed by atoms with Gasteiger partial charge in [-0.2, -0.15) is 0 Å². The fourth-order valence-electron chi connectivity index (χ4n) is 1.16. The maximum Gasteiger partial charge on any atom is 0.306 e. The number of hydrogen-bond acceptors (Lipinski definition) is 4. The van der Waals surface area contributed by atoms with Crippen LogP contribution in [0.5, 0.6) is 0 Å². The largest absolute Gasteiger partial charge is 0.452 e. The molecule has 0 aromatic rings. The van der Waals surface area contributed by atoms with Gasteiger partial charge in [0.1, 0.15) is 0 Å². The minimum Gasteiger partial charge on any atom is -0.452 e. The molecular weight excluding hydrogens is 186 g/mol. The summed E-state index contributed by atoms with van der Waals surface area (Å²) in [6.45, 7) is 1.96. The molecule has 1 rings (SSSR count). The Morgan fingerprint density at radius 1 is 1.57 bits per heavy atom. The van der Waals surface area contributed by atoms with Crippen molar-refractivity contribution in [3.8, 4) is 0 Å². The van der Waals surface area contributed by atoms with E-state index in [1.165, 1.54) is 0 Å². The Kier molecular flexibility index (Phi) is 3.62. The third-order valence-corrected chi connectivity index (χ3v) is 1.93. The highest BCUT2D eigenvalue weighted by atomic mass is 16.5. The number of unbranched alkanes of at least 4 members (excludes halogenated alkanes) is 1. The molecule has 1 saturated heterocycles. The Labute approximate surface area is 81.8 Å². The van der Waals surface area contributed by atoms with Gasteiger partial charge in [-0.05, 0) is 6.42 Å². The van der Waals surface area contributed by atoms with Crippen molar-refractivity contribution in [3.63, 3.8) is 0 Å². The Bertz CT molecular complexity index is 262. The first-order valence-electron chi connectivity index (χ1n) is 4.66. The van der Waals surface area contributed by atoms with E-state index in [1.54, 1.807) is 0 Å². The van der Waals surface area contributed by atoms with Crippen LogP contribution < -0.4 is 5.32 Å². The molecule has 1 heterocycles. The summed E-state index contributed by atoms with van der Waals surface area (Å²) >= 11 is 0. The van der Waals surface area contributed by atoms with Crippen molar-refractivity contribution in [1.29, 1.82) is 0 Å². The summed E-state index contributed by atoms with van der Waals surface area (Å²) < 4.78 is 4.82. The summed E-state index contributed by atoms with van der Waals surface area (Å²) in [4.78, 5) is 32.8. The van der Waals surface area contributed by atoms with Gasteiger partial charge in [-0.3, -0.25) is 19.7 Å². The molecule has 0 radical (unpaired) electrons. The van der Waals surface area contributed by atoms with Gasteiger partial charge in [-0.25, -0.2) is 0 Å². The molecule has 5 nitrogen and oxygen atoms in total. The minimum atomic E-state index is -0.910. The number of esters is 1. The van der Waals surface area contributed by atoms with Crippen molar-refractivity contribution in [2.75, 3.05) is 0 Å². The molecule has 0 bridgehead atoms. The fourth-order valence-corrected chi connectivity index (χ4v) is 1.16. The summed E-state index contributed by atoms with van der Waals surface area (Å²) in [6, 6.07) is 0. The summed E-state index contributed by atoms with van der Waals surface area (Å²) in [6.07, 6.45) is 0.976. The normalized spacial score (nSPS) is 20.8. The number of hydrogen-bond donors (Lipinski definition) is 1. The zero-order chi connectivity index (χ0) is 10.6. The third kappa shape index (κ3) is 2.83. The lowest BCUT2D eigenvalue weighted by atomic mass is 10.2. The molecule has 0 aromatic carbocycles. The second kappa shape index (κ2) is 4.74. The van der Waals surface area contributed by atoms with E-state index in [0.717, 1.165) is 12.8 Å². The van der Waals surface area contributed by atoms with Crippen LogP contribution in [0.15, 0.2) is 0 Å². The molecule has 78 valence electrons. The molecule has 1 N–H and O–H groups in total. The van der Waals surface area contributed by atoms with Crippen LogP contribution in [0.2, 0.25) is 0 Å². The van der Waals surface area contributed by atoms with Crippen LogP contribution in [0.25, 0.3) is 0 Å². The lowest BCUT2D eigenvalue weighted by molar-refractivity contribution is -0.154. The monoisotopic (exact) mass is 199 g/mol.